The molecule has 0 fully saturated rings. The van der Waals surface area contributed by atoms with Gasteiger partial charge in [-0.3, -0.25) is 0 Å². The predicted molar refractivity (Wildman–Crippen MR) is 97.1 cm³/mol. The SMILES string of the molecule is CN(CCNc1nc(C(F)F)nc2ccccc12)S(=O)(=O)c1cccs1. The number of benzene rings is 1. The molecule has 0 amide bonds. The Bertz CT molecular complexity index is 995. The molecule has 1 N–H and O–H groups in total. The van der Waals surface area contributed by atoms with E-state index in [1.165, 1.54) is 17.4 Å². The molecule has 3 aromatic rings. The molecule has 138 valence electrons. The second kappa shape index (κ2) is 7.60. The van der Waals surface area contributed by atoms with Crippen LogP contribution in [0.15, 0.2) is 46.0 Å². The molecule has 1 aromatic carbocycles. The molecule has 0 saturated heterocycles. The fourth-order valence-corrected chi connectivity index (χ4v) is 4.72. The predicted octanol–water partition coefficient (Wildman–Crippen LogP) is 3.36. The minimum atomic E-state index is -3.56. The number of hydrogen-bond donors (Lipinski definition) is 1. The van der Waals surface area contributed by atoms with Crippen LogP contribution in [-0.4, -0.2) is 42.8 Å². The molecule has 0 aliphatic heterocycles. The van der Waals surface area contributed by atoms with Gasteiger partial charge in [0, 0.05) is 25.5 Å². The van der Waals surface area contributed by atoms with Crippen LogP contribution in [0.5, 0.6) is 0 Å². The number of alkyl halides is 2. The monoisotopic (exact) mass is 398 g/mol. The number of sulfonamides is 1. The van der Waals surface area contributed by atoms with Crippen molar-refractivity contribution in [2.75, 3.05) is 25.5 Å². The Kier molecular flexibility index (Phi) is 5.44. The van der Waals surface area contributed by atoms with Crippen molar-refractivity contribution in [2.24, 2.45) is 0 Å². The molecule has 26 heavy (non-hydrogen) atoms. The van der Waals surface area contributed by atoms with Crippen molar-refractivity contribution in [1.29, 1.82) is 0 Å². The van der Waals surface area contributed by atoms with Gasteiger partial charge in [0.05, 0.1) is 5.52 Å². The smallest absolute Gasteiger partial charge is 0.297 e. The number of likely N-dealkylation sites (N-methyl/N-ethyl adjacent to an activating group) is 1. The lowest BCUT2D eigenvalue weighted by Gasteiger charge is -2.17. The Balaban J connectivity index is 1.76. The van der Waals surface area contributed by atoms with E-state index in [9.17, 15) is 17.2 Å². The van der Waals surface area contributed by atoms with E-state index in [0.717, 1.165) is 11.3 Å². The highest BCUT2D eigenvalue weighted by Crippen LogP contribution is 2.24. The van der Waals surface area contributed by atoms with E-state index in [4.69, 9.17) is 0 Å². The van der Waals surface area contributed by atoms with Gasteiger partial charge in [-0.25, -0.2) is 27.2 Å². The van der Waals surface area contributed by atoms with Gasteiger partial charge in [-0.1, -0.05) is 18.2 Å². The molecule has 0 aliphatic carbocycles. The maximum absolute atomic E-state index is 13.0. The van der Waals surface area contributed by atoms with Gasteiger partial charge >= 0.3 is 0 Å². The topological polar surface area (TPSA) is 75.2 Å². The molecular formula is C16H16F2N4O2S2. The normalized spacial score (nSPS) is 12.2. The van der Waals surface area contributed by atoms with Gasteiger partial charge < -0.3 is 5.32 Å². The zero-order valence-electron chi connectivity index (χ0n) is 13.8. The van der Waals surface area contributed by atoms with Gasteiger partial charge in [0.25, 0.3) is 16.4 Å². The Morgan fingerprint density at radius 3 is 2.65 bits per heavy atom. The van der Waals surface area contributed by atoms with Crippen molar-refractivity contribution < 1.29 is 17.2 Å². The zero-order chi connectivity index (χ0) is 18.7. The molecule has 0 spiro atoms. The van der Waals surface area contributed by atoms with Crippen LogP contribution in [0.2, 0.25) is 0 Å². The number of para-hydroxylation sites is 1. The molecule has 0 saturated carbocycles. The van der Waals surface area contributed by atoms with Crippen LogP contribution in [0.3, 0.4) is 0 Å². The Morgan fingerprint density at radius 2 is 1.96 bits per heavy atom. The first-order valence-corrected chi connectivity index (χ1v) is 10.00. The van der Waals surface area contributed by atoms with Gasteiger partial charge in [-0.2, -0.15) is 4.31 Å². The standard InChI is InChI=1S/C16H16F2N4O2S2/c1-22(26(23,24)13-7-4-10-25-13)9-8-19-15-11-5-2-3-6-12(11)20-16(21-15)14(17)18/h2-7,10,14H,8-9H2,1H3,(H,19,20,21). The van der Waals surface area contributed by atoms with Crippen LogP contribution in [-0.2, 0) is 10.0 Å². The lowest BCUT2D eigenvalue weighted by molar-refractivity contribution is 0.141. The number of rotatable bonds is 7. The Hall–Kier alpha value is -2.17. The molecule has 3 rings (SSSR count). The molecule has 0 unspecified atom stereocenters. The van der Waals surface area contributed by atoms with Gasteiger partial charge in [0.15, 0.2) is 5.82 Å². The maximum Gasteiger partial charge on any atom is 0.297 e. The average Bonchev–Trinajstić information content (AvgIpc) is 3.16. The van der Waals surface area contributed by atoms with Crippen LogP contribution >= 0.6 is 11.3 Å². The van der Waals surface area contributed by atoms with Gasteiger partial charge in [-0.15, -0.1) is 11.3 Å². The largest absolute Gasteiger partial charge is 0.368 e. The molecular weight excluding hydrogens is 382 g/mol. The lowest BCUT2D eigenvalue weighted by Crippen LogP contribution is -2.31. The van der Waals surface area contributed by atoms with Crippen molar-refractivity contribution in [1.82, 2.24) is 14.3 Å². The fourth-order valence-electron chi connectivity index (χ4n) is 2.34. The number of anilines is 1. The summed E-state index contributed by atoms with van der Waals surface area (Å²) in [5.41, 5.74) is 0.403. The summed E-state index contributed by atoms with van der Waals surface area (Å²) in [6, 6.07) is 10.0. The molecule has 2 aromatic heterocycles. The fraction of sp³-hybridized carbons (Fsp3) is 0.250. The first kappa shape index (κ1) is 18.6. The molecule has 6 nitrogen and oxygen atoms in total. The first-order valence-electron chi connectivity index (χ1n) is 7.68. The van der Waals surface area contributed by atoms with Gasteiger partial charge in [0.2, 0.25) is 0 Å². The molecule has 10 heteroatoms. The highest BCUT2D eigenvalue weighted by atomic mass is 32.2. The average molecular weight is 398 g/mol. The lowest BCUT2D eigenvalue weighted by atomic mass is 10.2. The summed E-state index contributed by atoms with van der Waals surface area (Å²) in [5, 5.41) is 5.23. The Morgan fingerprint density at radius 1 is 1.19 bits per heavy atom. The number of fused-ring (bicyclic) bond motifs is 1. The van der Waals surface area contributed by atoms with Crippen molar-refractivity contribution in [3.05, 3.63) is 47.6 Å². The maximum atomic E-state index is 13.0. The third kappa shape index (κ3) is 3.81. The number of nitrogens with one attached hydrogen (secondary N) is 1. The summed E-state index contributed by atoms with van der Waals surface area (Å²) in [7, 11) is -2.08. The first-order chi connectivity index (χ1) is 12.4. The van der Waals surface area contributed by atoms with Crippen LogP contribution in [0.25, 0.3) is 10.9 Å². The highest BCUT2D eigenvalue weighted by Gasteiger charge is 2.21. The summed E-state index contributed by atoms with van der Waals surface area (Å²) in [6.07, 6.45) is -2.79. The summed E-state index contributed by atoms with van der Waals surface area (Å²) in [5.74, 6) is -0.307. The van der Waals surface area contributed by atoms with E-state index >= 15 is 0 Å². The van der Waals surface area contributed by atoms with E-state index in [1.807, 2.05) is 0 Å². The second-order valence-corrected chi connectivity index (χ2v) is 8.65. The summed E-state index contributed by atoms with van der Waals surface area (Å²) in [4.78, 5) is 7.72. The van der Waals surface area contributed by atoms with Crippen LogP contribution in [0.1, 0.15) is 12.2 Å². The Labute approximate surface area is 153 Å². The third-order valence-corrected chi connectivity index (χ3v) is 6.92. The second-order valence-electron chi connectivity index (χ2n) is 5.43. The molecule has 2 heterocycles. The number of halogens is 2. The van der Waals surface area contributed by atoms with Crippen LogP contribution < -0.4 is 5.32 Å². The molecule has 0 aliphatic rings. The van der Waals surface area contributed by atoms with Crippen molar-refractivity contribution >= 4 is 38.1 Å². The summed E-state index contributed by atoms with van der Waals surface area (Å²) in [6.45, 7) is 0.368. The third-order valence-electron chi connectivity index (χ3n) is 3.69. The zero-order valence-corrected chi connectivity index (χ0v) is 15.4. The minimum Gasteiger partial charge on any atom is -0.368 e. The number of nitrogens with zero attached hydrogens (tertiary/aromatic N) is 3. The van der Waals surface area contributed by atoms with E-state index in [2.05, 4.69) is 15.3 Å². The van der Waals surface area contributed by atoms with E-state index < -0.39 is 22.3 Å². The number of hydrogen-bond acceptors (Lipinski definition) is 6. The molecule has 0 atom stereocenters. The van der Waals surface area contributed by atoms with Crippen molar-refractivity contribution in [2.45, 2.75) is 10.6 Å². The molecule has 0 bridgehead atoms. The van der Waals surface area contributed by atoms with Crippen LogP contribution in [0, 0.1) is 0 Å². The van der Waals surface area contributed by atoms with Gasteiger partial charge in [-0.05, 0) is 23.6 Å². The quantitative estimate of drug-likeness (QED) is 0.661. The van der Waals surface area contributed by atoms with E-state index in [0.29, 0.717) is 10.9 Å². The van der Waals surface area contributed by atoms with Crippen molar-refractivity contribution in [3.8, 4) is 0 Å². The van der Waals surface area contributed by atoms with Gasteiger partial charge in [0.1, 0.15) is 10.0 Å². The van der Waals surface area contributed by atoms with Crippen LogP contribution in [0.4, 0.5) is 14.6 Å². The van der Waals surface area contributed by atoms with Crippen molar-refractivity contribution in [3.63, 3.8) is 0 Å². The summed E-state index contributed by atoms with van der Waals surface area (Å²) < 4.78 is 52.2. The van der Waals surface area contributed by atoms with E-state index in [-0.39, 0.29) is 23.1 Å². The highest BCUT2D eigenvalue weighted by molar-refractivity contribution is 7.91. The summed E-state index contributed by atoms with van der Waals surface area (Å²) >= 11 is 1.14. The number of aromatic nitrogens is 2. The minimum absolute atomic E-state index is 0.155. The van der Waals surface area contributed by atoms with E-state index in [1.54, 1.807) is 35.7 Å². The molecule has 0 radical (unpaired) electrons. The number of thiophene rings is 1.